The number of rotatable bonds is 6. The van der Waals surface area contributed by atoms with Crippen LogP contribution in [0.4, 0.5) is 4.79 Å². The molecule has 0 aromatic heterocycles. The summed E-state index contributed by atoms with van der Waals surface area (Å²) >= 11 is 0. The van der Waals surface area contributed by atoms with Crippen LogP contribution in [0.3, 0.4) is 0 Å². The molecule has 106 valence electrons. The summed E-state index contributed by atoms with van der Waals surface area (Å²) < 4.78 is 4.93. The lowest BCUT2D eigenvalue weighted by Gasteiger charge is -2.21. The van der Waals surface area contributed by atoms with Crippen LogP contribution >= 0.6 is 0 Å². The third-order valence-electron chi connectivity index (χ3n) is 2.27. The number of hydrogen-bond acceptors (Lipinski definition) is 4. The SMILES string of the molecule is CC[C@@H](C)C[C@H](ONC(=O)OC(C)(C)C)C(=O)O. The highest BCUT2D eigenvalue weighted by molar-refractivity contribution is 5.73. The highest BCUT2D eigenvalue weighted by Gasteiger charge is 2.23. The third-order valence-corrected chi connectivity index (χ3v) is 2.27. The zero-order valence-electron chi connectivity index (χ0n) is 11.6. The molecule has 6 nitrogen and oxygen atoms in total. The molecule has 2 N–H and O–H groups in total. The van der Waals surface area contributed by atoms with Gasteiger partial charge in [0, 0.05) is 0 Å². The number of carbonyl (C=O) groups excluding carboxylic acids is 1. The molecule has 0 aromatic rings. The fourth-order valence-electron chi connectivity index (χ4n) is 1.15. The molecule has 18 heavy (non-hydrogen) atoms. The highest BCUT2D eigenvalue weighted by Crippen LogP contribution is 2.12. The lowest BCUT2D eigenvalue weighted by atomic mass is 10.0. The minimum absolute atomic E-state index is 0.200. The molecule has 0 unspecified atom stereocenters. The number of carbonyl (C=O) groups is 2. The average molecular weight is 261 g/mol. The van der Waals surface area contributed by atoms with Crippen molar-refractivity contribution in [2.45, 2.75) is 59.2 Å². The number of hydroxylamine groups is 1. The van der Waals surface area contributed by atoms with Crippen LogP contribution in [0, 0.1) is 5.92 Å². The predicted octanol–water partition coefficient (Wildman–Crippen LogP) is 2.33. The van der Waals surface area contributed by atoms with Gasteiger partial charge in [-0.15, -0.1) is 0 Å². The van der Waals surface area contributed by atoms with Gasteiger partial charge in [-0.05, 0) is 33.1 Å². The van der Waals surface area contributed by atoms with Crippen molar-refractivity contribution in [3.8, 4) is 0 Å². The first-order valence-corrected chi connectivity index (χ1v) is 6.03. The summed E-state index contributed by atoms with van der Waals surface area (Å²) in [4.78, 5) is 27.1. The third kappa shape index (κ3) is 7.89. The van der Waals surface area contributed by atoms with E-state index >= 15 is 0 Å². The smallest absolute Gasteiger partial charge is 0.431 e. The van der Waals surface area contributed by atoms with Gasteiger partial charge >= 0.3 is 12.1 Å². The summed E-state index contributed by atoms with van der Waals surface area (Å²) in [6.45, 7) is 9.01. The summed E-state index contributed by atoms with van der Waals surface area (Å²) in [5.74, 6) is -0.905. The molecule has 0 spiro atoms. The van der Waals surface area contributed by atoms with Crippen molar-refractivity contribution in [3.63, 3.8) is 0 Å². The first-order valence-electron chi connectivity index (χ1n) is 6.03. The number of aliphatic carboxylic acids is 1. The Kier molecular flexibility index (Phi) is 6.68. The van der Waals surface area contributed by atoms with Crippen LogP contribution in [0.2, 0.25) is 0 Å². The lowest BCUT2D eigenvalue weighted by Crippen LogP contribution is -2.38. The van der Waals surface area contributed by atoms with Gasteiger partial charge in [0.2, 0.25) is 0 Å². The van der Waals surface area contributed by atoms with Gasteiger partial charge in [-0.25, -0.2) is 9.59 Å². The molecule has 0 aliphatic rings. The number of ether oxygens (including phenoxy) is 1. The number of nitrogens with one attached hydrogen (secondary N) is 1. The van der Waals surface area contributed by atoms with Gasteiger partial charge in [0.15, 0.2) is 6.10 Å². The van der Waals surface area contributed by atoms with Crippen molar-refractivity contribution < 1.29 is 24.3 Å². The molecule has 0 fully saturated rings. The number of hydrogen-bond donors (Lipinski definition) is 2. The Balaban J connectivity index is 4.20. The quantitative estimate of drug-likeness (QED) is 0.717. The fourth-order valence-corrected chi connectivity index (χ4v) is 1.15. The minimum Gasteiger partial charge on any atom is -0.479 e. The summed E-state index contributed by atoms with van der Waals surface area (Å²) in [6, 6.07) is 0. The monoisotopic (exact) mass is 261 g/mol. The molecule has 0 heterocycles. The summed E-state index contributed by atoms with van der Waals surface area (Å²) in [6.07, 6.45) is -0.674. The van der Waals surface area contributed by atoms with E-state index in [1.807, 2.05) is 19.3 Å². The van der Waals surface area contributed by atoms with Crippen molar-refractivity contribution >= 4 is 12.1 Å². The Morgan fingerprint density at radius 1 is 1.33 bits per heavy atom. The van der Waals surface area contributed by atoms with Gasteiger partial charge in [-0.3, -0.25) is 4.84 Å². The van der Waals surface area contributed by atoms with Crippen LogP contribution in [-0.2, 0) is 14.4 Å². The lowest BCUT2D eigenvalue weighted by molar-refractivity contribution is -0.156. The van der Waals surface area contributed by atoms with E-state index in [0.717, 1.165) is 6.42 Å². The maximum atomic E-state index is 11.3. The average Bonchev–Trinajstić information content (AvgIpc) is 2.20. The molecule has 0 aliphatic heterocycles. The molecule has 0 radical (unpaired) electrons. The molecular formula is C12H23NO5. The van der Waals surface area contributed by atoms with E-state index in [1.165, 1.54) is 0 Å². The van der Waals surface area contributed by atoms with Gasteiger partial charge in [-0.2, -0.15) is 5.48 Å². The molecule has 6 heteroatoms. The van der Waals surface area contributed by atoms with E-state index in [-0.39, 0.29) is 5.92 Å². The number of amides is 1. The van der Waals surface area contributed by atoms with E-state index in [2.05, 4.69) is 0 Å². The van der Waals surface area contributed by atoms with E-state index in [4.69, 9.17) is 14.7 Å². The maximum absolute atomic E-state index is 11.3. The first-order chi connectivity index (χ1) is 8.15. The van der Waals surface area contributed by atoms with Gasteiger partial charge in [0.25, 0.3) is 0 Å². The van der Waals surface area contributed by atoms with Crippen LogP contribution in [0.25, 0.3) is 0 Å². The second-order valence-corrected chi connectivity index (χ2v) is 5.30. The molecule has 0 bridgehead atoms. The second kappa shape index (κ2) is 7.20. The highest BCUT2D eigenvalue weighted by atomic mass is 16.7. The van der Waals surface area contributed by atoms with Gasteiger partial charge in [0.05, 0.1) is 0 Å². The zero-order valence-corrected chi connectivity index (χ0v) is 11.6. The van der Waals surface area contributed by atoms with Crippen LogP contribution in [0.15, 0.2) is 0 Å². The molecule has 0 rings (SSSR count). The van der Waals surface area contributed by atoms with Crippen LogP contribution < -0.4 is 5.48 Å². The Hall–Kier alpha value is -1.30. The van der Waals surface area contributed by atoms with Gasteiger partial charge < -0.3 is 9.84 Å². The van der Waals surface area contributed by atoms with Gasteiger partial charge in [0.1, 0.15) is 5.60 Å². The molecule has 0 saturated heterocycles. The van der Waals surface area contributed by atoms with Crippen LogP contribution in [0.5, 0.6) is 0 Å². The van der Waals surface area contributed by atoms with E-state index in [0.29, 0.717) is 6.42 Å². The second-order valence-electron chi connectivity index (χ2n) is 5.30. The topological polar surface area (TPSA) is 84.9 Å². The van der Waals surface area contributed by atoms with Gasteiger partial charge in [-0.1, -0.05) is 20.3 Å². The van der Waals surface area contributed by atoms with E-state index in [1.54, 1.807) is 20.8 Å². The molecule has 1 amide bonds. The standard InChI is InChI=1S/C12H23NO5/c1-6-8(2)7-9(10(14)15)18-13-11(16)17-12(3,4)5/h8-9H,6-7H2,1-5H3,(H,13,16)(H,14,15)/t8-,9+/m1/s1. The Labute approximate surface area is 108 Å². The summed E-state index contributed by atoms with van der Waals surface area (Å²) in [7, 11) is 0. The van der Waals surface area contributed by atoms with Crippen molar-refractivity contribution in [3.05, 3.63) is 0 Å². The predicted molar refractivity (Wildman–Crippen MR) is 66.0 cm³/mol. The number of carboxylic acids is 1. The van der Waals surface area contributed by atoms with Crippen molar-refractivity contribution in [2.24, 2.45) is 5.92 Å². The van der Waals surface area contributed by atoms with Crippen molar-refractivity contribution in [2.75, 3.05) is 0 Å². The Bertz CT molecular complexity index is 285. The Morgan fingerprint density at radius 3 is 2.28 bits per heavy atom. The largest absolute Gasteiger partial charge is 0.479 e. The fraction of sp³-hybridized carbons (Fsp3) is 0.833. The van der Waals surface area contributed by atoms with Crippen LogP contribution in [-0.4, -0.2) is 28.9 Å². The molecule has 0 aliphatic carbocycles. The Morgan fingerprint density at radius 2 is 1.89 bits per heavy atom. The normalized spacial score (nSPS) is 14.7. The molecular weight excluding hydrogens is 238 g/mol. The van der Waals surface area contributed by atoms with Crippen LogP contribution in [0.1, 0.15) is 47.5 Å². The zero-order chi connectivity index (χ0) is 14.3. The van der Waals surface area contributed by atoms with E-state index in [9.17, 15) is 9.59 Å². The minimum atomic E-state index is -1.11. The maximum Gasteiger partial charge on any atom is 0.431 e. The van der Waals surface area contributed by atoms with Crippen molar-refractivity contribution in [1.29, 1.82) is 0 Å². The number of carboxylic acid groups (broad SMARTS) is 1. The summed E-state index contributed by atoms with van der Waals surface area (Å²) in [5.41, 5.74) is 1.36. The molecule has 0 saturated carbocycles. The van der Waals surface area contributed by atoms with Crippen molar-refractivity contribution in [1.82, 2.24) is 5.48 Å². The first kappa shape index (κ1) is 16.7. The molecule has 0 aromatic carbocycles. The molecule has 2 atom stereocenters. The van der Waals surface area contributed by atoms with E-state index < -0.39 is 23.8 Å². The summed E-state index contributed by atoms with van der Waals surface area (Å²) in [5, 5.41) is 8.95.